The van der Waals surface area contributed by atoms with Crippen LogP contribution in [-0.4, -0.2) is 29.0 Å². The van der Waals surface area contributed by atoms with E-state index >= 15 is 0 Å². The van der Waals surface area contributed by atoms with Crippen molar-refractivity contribution in [2.75, 3.05) is 6.54 Å². The molecule has 0 aromatic carbocycles. The third kappa shape index (κ3) is 4.65. The van der Waals surface area contributed by atoms with Crippen LogP contribution >= 0.6 is 0 Å². The Hall–Kier alpha value is -1.21. The molecular weight excluding hydrogens is 122 g/mol. The van der Waals surface area contributed by atoms with Crippen LogP contribution < -0.4 is 5.32 Å². The summed E-state index contributed by atoms with van der Waals surface area (Å²) >= 11 is 0. The molecule has 0 fully saturated rings. The smallest absolute Gasteiger partial charge is 0.404 e. The standard InChI is InChI=1S/C5H7NO3/c1-2-4(7)3-6-5(8)9/h1,4,6-7H,3H2,(H,8,9). The van der Waals surface area contributed by atoms with Gasteiger partial charge in [-0.15, -0.1) is 6.42 Å². The van der Waals surface area contributed by atoms with Crippen LogP contribution in [0.5, 0.6) is 0 Å². The molecule has 0 aliphatic carbocycles. The molecule has 1 amide bonds. The van der Waals surface area contributed by atoms with Gasteiger partial charge >= 0.3 is 6.09 Å². The average Bonchev–Trinajstić information content (AvgIpc) is 1.83. The van der Waals surface area contributed by atoms with Crippen LogP contribution in [0.3, 0.4) is 0 Å². The first kappa shape index (κ1) is 7.79. The average molecular weight is 129 g/mol. The monoisotopic (exact) mass is 129 g/mol. The minimum atomic E-state index is -1.19. The molecule has 0 bridgehead atoms. The minimum Gasteiger partial charge on any atom is -0.465 e. The van der Waals surface area contributed by atoms with Gasteiger partial charge in [-0.25, -0.2) is 4.79 Å². The van der Waals surface area contributed by atoms with Gasteiger partial charge in [0.1, 0.15) is 6.10 Å². The van der Waals surface area contributed by atoms with E-state index in [1.165, 1.54) is 0 Å². The van der Waals surface area contributed by atoms with E-state index in [2.05, 4.69) is 0 Å². The van der Waals surface area contributed by atoms with E-state index in [9.17, 15) is 4.79 Å². The summed E-state index contributed by atoms with van der Waals surface area (Å²) in [6, 6.07) is 0. The summed E-state index contributed by atoms with van der Waals surface area (Å²) in [5, 5.41) is 18.4. The highest BCUT2D eigenvalue weighted by Gasteiger charge is 1.98. The second kappa shape index (κ2) is 3.75. The molecule has 3 N–H and O–H groups in total. The molecule has 0 saturated heterocycles. The maximum Gasteiger partial charge on any atom is 0.404 e. The summed E-state index contributed by atoms with van der Waals surface area (Å²) in [6.45, 7) is -0.119. The summed E-state index contributed by atoms with van der Waals surface area (Å²) in [6.07, 6.45) is 2.51. The highest BCUT2D eigenvalue weighted by molar-refractivity contribution is 5.64. The molecule has 0 saturated carbocycles. The number of aliphatic hydroxyl groups is 1. The summed E-state index contributed by atoms with van der Waals surface area (Å²) in [7, 11) is 0. The lowest BCUT2D eigenvalue weighted by Crippen LogP contribution is -2.29. The SMILES string of the molecule is C#CC(O)CNC(=O)O. The Morgan fingerprint density at radius 3 is 2.78 bits per heavy atom. The zero-order valence-electron chi connectivity index (χ0n) is 4.66. The third-order valence-corrected chi connectivity index (χ3v) is 0.639. The second-order valence-corrected chi connectivity index (χ2v) is 1.37. The lowest BCUT2D eigenvalue weighted by molar-refractivity contribution is 0.181. The Morgan fingerprint density at radius 2 is 2.44 bits per heavy atom. The number of aliphatic hydroxyl groups excluding tert-OH is 1. The predicted octanol–water partition coefficient (Wildman–Crippen LogP) is -0.752. The molecule has 0 aromatic heterocycles. The maximum absolute atomic E-state index is 9.73. The maximum atomic E-state index is 9.73. The van der Waals surface area contributed by atoms with Crippen LogP contribution in [0.2, 0.25) is 0 Å². The van der Waals surface area contributed by atoms with E-state index in [1.54, 1.807) is 0 Å². The van der Waals surface area contributed by atoms with Crippen LogP contribution in [-0.2, 0) is 0 Å². The Balaban J connectivity index is 3.30. The number of nitrogens with one attached hydrogen (secondary N) is 1. The fraction of sp³-hybridized carbons (Fsp3) is 0.400. The molecule has 4 heteroatoms. The molecule has 0 rings (SSSR count). The van der Waals surface area contributed by atoms with Gasteiger partial charge in [0.05, 0.1) is 6.54 Å². The fourth-order valence-electron chi connectivity index (χ4n) is 0.243. The quantitative estimate of drug-likeness (QED) is 0.429. The van der Waals surface area contributed by atoms with E-state index < -0.39 is 12.2 Å². The van der Waals surface area contributed by atoms with Crippen molar-refractivity contribution in [2.45, 2.75) is 6.10 Å². The van der Waals surface area contributed by atoms with Gasteiger partial charge < -0.3 is 15.5 Å². The van der Waals surface area contributed by atoms with Gasteiger partial charge in [-0.3, -0.25) is 0 Å². The van der Waals surface area contributed by atoms with Crippen molar-refractivity contribution < 1.29 is 15.0 Å². The number of hydrogen-bond acceptors (Lipinski definition) is 2. The summed E-state index contributed by atoms with van der Waals surface area (Å²) < 4.78 is 0. The summed E-state index contributed by atoms with van der Waals surface area (Å²) in [5.74, 6) is 1.95. The van der Waals surface area contributed by atoms with Crippen LogP contribution in [0.25, 0.3) is 0 Å². The number of terminal acetylenes is 1. The van der Waals surface area contributed by atoms with Gasteiger partial charge in [0.25, 0.3) is 0 Å². The van der Waals surface area contributed by atoms with E-state index in [0.717, 1.165) is 0 Å². The van der Waals surface area contributed by atoms with Crippen LogP contribution in [0.15, 0.2) is 0 Å². The van der Waals surface area contributed by atoms with Gasteiger partial charge in [-0.1, -0.05) is 5.92 Å². The van der Waals surface area contributed by atoms with Gasteiger partial charge in [-0.2, -0.15) is 0 Å². The van der Waals surface area contributed by atoms with Crippen LogP contribution in [0.1, 0.15) is 0 Å². The van der Waals surface area contributed by atoms with E-state index in [0.29, 0.717) is 0 Å². The van der Waals surface area contributed by atoms with E-state index in [4.69, 9.17) is 16.6 Å². The zero-order valence-corrected chi connectivity index (χ0v) is 4.66. The normalized spacial score (nSPS) is 11.6. The molecule has 1 unspecified atom stereocenters. The number of carboxylic acid groups (broad SMARTS) is 1. The van der Waals surface area contributed by atoms with Crippen molar-refractivity contribution in [3.05, 3.63) is 0 Å². The lowest BCUT2D eigenvalue weighted by Gasteiger charge is -2.00. The largest absolute Gasteiger partial charge is 0.465 e. The molecule has 0 aliphatic heterocycles. The van der Waals surface area contributed by atoms with Gasteiger partial charge in [0, 0.05) is 0 Å². The predicted molar refractivity (Wildman–Crippen MR) is 30.9 cm³/mol. The molecule has 50 valence electrons. The van der Waals surface area contributed by atoms with Crippen LogP contribution in [0.4, 0.5) is 4.79 Å². The van der Waals surface area contributed by atoms with E-state index in [-0.39, 0.29) is 6.54 Å². The van der Waals surface area contributed by atoms with Crippen LogP contribution in [0, 0.1) is 12.3 Å². The fourth-order valence-corrected chi connectivity index (χ4v) is 0.243. The molecule has 0 spiro atoms. The number of rotatable bonds is 2. The first-order valence-corrected chi connectivity index (χ1v) is 2.28. The molecule has 1 atom stereocenters. The van der Waals surface area contributed by atoms with Crippen molar-refractivity contribution in [3.8, 4) is 12.3 Å². The van der Waals surface area contributed by atoms with Gasteiger partial charge in [0.15, 0.2) is 0 Å². The molecule has 9 heavy (non-hydrogen) atoms. The summed E-state index contributed by atoms with van der Waals surface area (Å²) in [4.78, 5) is 9.73. The number of carbonyl (C=O) groups is 1. The minimum absolute atomic E-state index is 0.119. The lowest BCUT2D eigenvalue weighted by atomic mass is 10.4. The molecule has 0 aromatic rings. The van der Waals surface area contributed by atoms with Crippen molar-refractivity contribution in [1.29, 1.82) is 0 Å². The Labute approximate surface area is 52.5 Å². The zero-order chi connectivity index (χ0) is 7.28. The Bertz CT molecular complexity index is 138. The highest BCUT2D eigenvalue weighted by atomic mass is 16.4. The first-order valence-electron chi connectivity index (χ1n) is 2.28. The third-order valence-electron chi connectivity index (χ3n) is 0.639. The van der Waals surface area contributed by atoms with Crippen molar-refractivity contribution in [2.24, 2.45) is 0 Å². The Morgan fingerprint density at radius 1 is 1.89 bits per heavy atom. The molecule has 0 heterocycles. The topological polar surface area (TPSA) is 69.6 Å². The molecular formula is C5H7NO3. The summed E-state index contributed by atoms with van der Waals surface area (Å²) in [5.41, 5.74) is 0. The second-order valence-electron chi connectivity index (χ2n) is 1.37. The Kier molecular flexibility index (Phi) is 3.25. The van der Waals surface area contributed by atoms with Gasteiger partial charge in [-0.05, 0) is 0 Å². The highest BCUT2D eigenvalue weighted by Crippen LogP contribution is 1.73. The van der Waals surface area contributed by atoms with E-state index in [1.807, 2.05) is 11.2 Å². The van der Waals surface area contributed by atoms with Crippen molar-refractivity contribution >= 4 is 6.09 Å². The molecule has 0 radical (unpaired) electrons. The van der Waals surface area contributed by atoms with Crippen molar-refractivity contribution in [1.82, 2.24) is 5.32 Å². The van der Waals surface area contributed by atoms with Gasteiger partial charge in [0.2, 0.25) is 0 Å². The molecule has 4 nitrogen and oxygen atoms in total. The molecule has 0 aliphatic rings. The first-order chi connectivity index (χ1) is 4.16. The number of amides is 1. The number of hydrogen-bond donors (Lipinski definition) is 3. The van der Waals surface area contributed by atoms with Crippen molar-refractivity contribution in [3.63, 3.8) is 0 Å².